The number of fused-ring (bicyclic) bond motifs is 1. The van der Waals surface area contributed by atoms with Gasteiger partial charge < -0.3 is 9.72 Å². The van der Waals surface area contributed by atoms with Gasteiger partial charge in [0.1, 0.15) is 5.65 Å². The smallest absolute Gasteiger partial charge is 0.216 e. The summed E-state index contributed by atoms with van der Waals surface area (Å²) in [6.07, 6.45) is 3.05. The van der Waals surface area contributed by atoms with Crippen LogP contribution in [0.2, 0.25) is 5.02 Å². The summed E-state index contributed by atoms with van der Waals surface area (Å²) in [6, 6.07) is 3.81. The van der Waals surface area contributed by atoms with Gasteiger partial charge in [0.15, 0.2) is 0 Å². The number of pyridine rings is 1. The van der Waals surface area contributed by atoms with Crippen molar-refractivity contribution in [2.45, 2.75) is 26.8 Å². The van der Waals surface area contributed by atoms with Crippen molar-refractivity contribution < 1.29 is 4.79 Å². The van der Waals surface area contributed by atoms with Gasteiger partial charge in [-0.2, -0.15) is 0 Å². The average Bonchev–Trinajstić information content (AvgIpc) is 3.03. The Bertz CT molecular complexity index is 697. The van der Waals surface area contributed by atoms with E-state index in [-0.39, 0.29) is 5.91 Å². The molecule has 1 N–H and O–H groups in total. The van der Waals surface area contributed by atoms with E-state index in [1.807, 2.05) is 25.3 Å². The number of nitrogens with one attached hydrogen (secondary N) is 1. The maximum absolute atomic E-state index is 11.0. The van der Waals surface area contributed by atoms with Crippen LogP contribution in [0.4, 0.5) is 0 Å². The lowest BCUT2D eigenvalue weighted by atomic mass is 10.1. The number of imidazole rings is 1. The first-order valence-corrected chi connectivity index (χ1v) is 8.00. The molecular formula is C16H21ClN4O. The maximum atomic E-state index is 11.0. The third kappa shape index (κ3) is 3.25. The van der Waals surface area contributed by atoms with Gasteiger partial charge in [-0.05, 0) is 37.9 Å². The predicted octanol–water partition coefficient (Wildman–Crippen LogP) is 2.25. The highest BCUT2D eigenvalue weighted by Crippen LogP contribution is 2.22. The highest BCUT2D eigenvalue weighted by molar-refractivity contribution is 6.30. The Labute approximate surface area is 135 Å². The Morgan fingerprint density at radius 1 is 1.50 bits per heavy atom. The number of hydrogen-bond donors (Lipinski definition) is 1. The van der Waals surface area contributed by atoms with E-state index in [0.717, 1.165) is 49.0 Å². The van der Waals surface area contributed by atoms with E-state index in [4.69, 9.17) is 11.6 Å². The molecule has 5 nitrogen and oxygen atoms in total. The molecule has 3 rings (SSSR count). The summed E-state index contributed by atoms with van der Waals surface area (Å²) in [6.45, 7) is 7.30. The highest BCUT2D eigenvalue weighted by Gasteiger charge is 2.24. The minimum absolute atomic E-state index is 0.0470. The first kappa shape index (κ1) is 15.3. The summed E-state index contributed by atoms with van der Waals surface area (Å²) in [5, 5.41) is 3.63. The molecule has 0 saturated carbocycles. The molecule has 1 fully saturated rings. The fraction of sp³-hybridized carbons (Fsp3) is 0.500. The molecule has 1 aliphatic heterocycles. The third-order valence-electron chi connectivity index (χ3n) is 4.26. The van der Waals surface area contributed by atoms with Crippen LogP contribution in [0.1, 0.15) is 24.7 Å². The number of carbonyl (C=O) groups excluding carboxylic acids is 1. The van der Waals surface area contributed by atoms with Crippen molar-refractivity contribution in [3.8, 4) is 0 Å². The lowest BCUT2D eigenvalue weighted by Crippen LogP contribution is -2.29. The van der Waals surface area contributed by atoms with Crippen molar-refractivity contribution in [2.24, 2.45) is 5.92 Å². The summed E-state index contributed by atoms with van der Waals surface area (Å²) in [4.78, 5) is 18.0. The lowest BCUT2D eigenvalue weighted by molar-refractivity contribution is -0.119. The normalized spacial score (nSPS) is 19.0. The van der Waals surface area contributed by atoms with E-state index in [1.54, 1.807) is 6.92 Å². The second kappa shape index (κ2) is 6.26. The zero-order valence-electron chi connectivity index (χ0n) is 13.0. The zero-order valence-corrected chi connectivity index (χ0v) is 13.7. The van der Waals surface area contributed by atoms with Crippen LogP contribution in [0.25, 0.3) is 5.65 Å². The third-order valence-corrected chi connectivity index (χ3v) is 4.49. The van der Waals surface area contributed by atoms with E-state index in [9.17, 15) is 4.79 Å². The fourth-order valence-electron chi connectivity index (χ4n) is 3.10. The molecule has 1 atom stereocenters. The van der Waals surface area contributed by atoms with Crippen LogP contribution in [-0.4, -0.2) is 39.8 Å². The van der Waals surface area contributed by atoms with Crippen molar-refractivity contribution in [3.05, 3.63) is 34.7 Å². The molecule has 1 aliphatic rings. The Morgan fingerprint density at radius 2 is 2.32 bits per heavy atom. The molecule has 118 valence electrons. The van der Waals surface area contributed by atoms with Gasteiger partial charge in [0.2, 0.25) is 5.91 Å². The number of hydrogen-bond acceptors (Lipinski definition) is 3. The van der Waals surface area contributed by atoms with Crippen molar-refractivity contribution in [3.63, 3.8) is 0 Å². The van der Waals surface area contributed by atoms with E-state index in [1.165, 1.54) is 5.69 Å². The van der Waals surface area contributed by atoms with Crippen molar-refractivity contribution in [2.75, 3.05) is 19.6 Å². The molecule has 22 heavy (non-hydrogen) atoms. The standard InChI is InChI=1S/C16H21ClN4O/c1-11-15(21-9-14(17)3-4-16(21)19-11)10-20-6-5-13(8-20)7-18-12(2)22/h3-4,9,13H,5-8,10H2,1-2H3,(H,18,22). The minimum Gasteiger partial charge on any atom is -0.356 e. The van der Waals surface area contributed by atoms with Gasteiger partial charge in [-0.25, -0.2) is 4.98 Å². The molecule has 1 unspecified atom stereocenters. The van der Waals surface area contributed by atoms with Gasteiger partial charge >= 0.3 is 0 Å². The Balaban J connectivity index is 1.70. The summed E-state index contributed by atoms with van der Waals surface area (Å²) < 4.78 is 2.08. The minimum atomic E-state index is 0.0470. The number of carbonyl (C=O) groups is 1. The second-order valence-electron chi connectivity index (χ2n) is 6.05. The van der Waals surface area contributed by atoms with Crippen LogP contribution in [0.5, 0.6) is 0 Å². The van der Waals surface area contributed by atoms with Gasteiger partial charge in [0.25, 0.3) is 0 Å². The van der Waals surface area contributed by atoms with E-state index in [2.05, 4.69) is 19.6 Å². The number of nitrogens with zero attached hydrogens (tertiary/aromatic N) is 3. The fourth-order valence-corrected chi connectivity index (χ4v) is 3.26. The van der Waals surface area contributed by atoms with Crippen LogP contribution in [0, 0.1) is 12.8 Å². The van der Waals surface area contributed by atoms with Gasteiger partial charge in [-0.3, -0.25) is 9.69 Å². The molecule has 0 aliphatic carbocycles. The molecule has 3 heterocycles. The summed E-state index contributed by atoms with van der Waals surface area (Å²) in [5.41, 5.74) is 3.18. The number of likely N-dealkylation sites (tertiary alicyclic amines) is 1. The Morgan fingerprint density at radius 3 is 3.09 bits per heavy atom. The van der Waals surface area contributed by atoms with Gasteiger partial charge in [0.05, 0.1) is 16.4 Å². The van der Waals surface area contributed by atoms with Crippen molar-refractivity contribution >= 4 is 23.2 Å². The number of amides is 1. The quantitative estimate of drug-likeness (QED) is 0.940. The average molecular weight is 321 g/mol. The molecule has 1 saturated heterocycles. The molecule has 2 aromatic rings. The first-order valence-electron chi connectivity index (χ1n) is 7.63. The summed E-state index contributed by atoms with van der Waals surface area (Å²) in [5.74, 6) is 0.581. The molecule has 0 bridgehead atoms. The van der Waals surface area contributed by atoms with Crippen molar-refractivity contribution in [1.29, 1.82) is 0 Å². The van der Waals surface area contributed by atoms with E-state index < -0.39 is 0 Å². The van der Waals surface area contributed by atoms with E-state index in [0.29, 0.717) is 5.92 Å². The second-order valence-corrected chi connectivity index (χ2v) is 6.48. The summed E-state index contributed by atoms with van der Waals surface area (Å²) >= 11 is 6.11. The first-order chi connectivity index (χ1) is 10.5. The molecule has 0 aromatic carbocycles. The molecule has 2 aromatic heterocycles. The topological polar surface area (TPSA) is 49.6 Å². The van der Waals surface area contributed by atoms with Gasteiger partial charge in [-0.1, -0.05) is 11.6 Å². The van der Waals surface area contributed by atoms with Crippen LogP contribution >= 0.6 is 11.6 Å². The van der Waals surface area contributed by atoms with Crippen LogP contribution < -0.4 is 5.32 Å². The molecule has 0 spiro atoms. The molecule has 0 radical (unpaired) electrons. The number of aromatic nitrogens is 2. The van der Waals surface area contributed by atoms with Crippen LogP contribution in [0.3, 0.4) is 0 Å². The van der Waals surface area contributed by atoms with Crippen LogP contribution in [0.15, 0.2) is 18.3 Å². The maximum Gasteiger partial charge on any atom is 0.216 e. The van der Waals surface area contributed by atoms with E-state index >= 15 is 0 Å². The number of halogens is 1. The molecule has 1 amide bonds. The Hall–Kier alpha value is -1.59. The molecular weight excluding hydrogens is 300 g/mol. The zero-order chi connectivity index (χ0) is 15.7. The molecule has 6 heteroatoms. The number of rotatable bonds is 4. The monoisotopic (exact) mass is 320 g/mol. The van der Waals surface area contributed by atoms with Crippen molar-refractivity contribution in [1.82, 2.24) is 19.6 Å². The highest BCUT2D eigenvalue weighted by atomic mass is 35.5. The van der Waals surface area contributed by atoms with Gasteiger partial charge in [0, 0.05) is 32.8 Å². The lowest BCUT2D eigenvalue weighted by Gasteiger charge is -2.16. The van der Waals surface area contributed by atoms with Gasteiger partial charge in [-0.15, -0.1) is 0 Å². The Kier molecular flexibility index (Phi) is 4.36. The van der Waals surface area contributed by atoms with Crippen LogP contribution in [-0.2, 0) is 11.3 Å². The number of aryl methyl sites for hydroxylation is 1. The summed E-state index contributed by atoms with van der Waals surface area (Å²) in [7, 11) is 0. The largest absolute Gasteiger partial charge is 0.356 e. The SMILES string of the molecule is CC(=O)NCC1CCN(Cc2c(C)nc3ccc(Cl)cn23)C1. The predicted molar refractivity (Wildman–Crippen MR) is 87.0 cm³/mol.